The molecule has 0 radical (unpaired) electrons. The van der Waals surface area contributed by atoms with E-state index >= 15 is 0 Å². The monoisotopic (exact) mass is 512 g/mol. The highest BCUT2D eigenvalue weighted by Gasteiger charge is 2.13. The van der Waals surface area contributed by atoms with E-state index in [1.807, 2.05) is 0 Å². The largest absolute Gasteiger partial charge is 0.506 e. The molecule has 5 nitrogen and oxygen atoms in total. The molecular formula is C31H60O5. The van der Waals surface area contributed by atoms with Crippen LogP contribution >= 0.6 is 0 Å². The summed E-state index contributed by atoms with van der Waals surface area (Å²) in [4.78, 5) is 21.5. The Balaban J connectivity index is 3.48. The Morgan fingerprint density at radius 3 is 1.11 bits per heavy atom. The lowest BCUT2D eigenvalue weighted by Crippen LogP contribution is -2.16. The minimum atomic E-state index is -1.12. The molecule has 0 amide bonds. The molecule has 1 atom stereocenters. The molecule has 0 aromatic rings. The molecule has 0 saturated carbocycles. The normalized spacial score (nSPS) is 12.0. The maximum atomic E-state index is 11.0. The second-order valence-electron chi connectivity index (χ2n) is 10.9. The molecule has 2 N–H and O–H groups in total. The van der Waals surface area contributed by atoms with Crippen LogP contribution in [0.25, 0.3) is 0 Å². The molecule has 214 valence electrons. The fraction of sp³-hybridized carbons (Fsp3) is 0.935. The van der Waals surface area contributed by atoms with Crippen LogP contribution in [0.4, 0.5) is 4.79 Å². The molecule has 0 spiro atoms. The van der Waals surface area contributed by atoms with Gasteiger partial charge in [-0.05, 0) is 32.1 Å². The first-order chi connectivity index (χ1) is 17.6. The highest BCUT2D eigenvalue weighted by molar-refractivity contribution is 5.66. The van der Waals surface area contributed by atoms with Crippen LogP contribution in [0, 0.1) is 0 Å². The minimum absolute atomic E-state index is 0.117. The Bertz CT molecular complexity index is 480. The number of ether oxygens (including phenoxy) is 1. The van der Waals surface area contributed by atoms with Gasteiger partial charge < -0.3 is 14.9 Å². The molecule has 0 aromatic heterocycles. The standard InChI is InChI=1S/C31H60O5/c1-2-3-4-5-6-7-14-17-20-23-26-29(36-31(34)35)27-24-21-18-15-12-10-8-9-11-13-16-19-22-25-28-30(32)33/h29H,2-28H2,1H3,(H,32,33)(H,34,35). The van der Waals surface area contributed by atoms with Gasteiger partial charge >= 0.3 is 12.1 Å². The van der Waals surface area contributed by atoms with E-state index in [0.29, 0.717) is 6.42 Å². The highest BCUT2D eigenvalue weighted by atomic mass is 16.7. The maximum Gasteiger partial charge on any atom is 0.506 e. The third-order valence-electron chi connectivity index (χ3n) is 7.31. The second-order valence-corrected chi connectivity index (χ2v) is 10.9. The number of carboxylic acids is 1. The van der Waals surface area contributed by atoms with Gasteiger partial charge in [0, 0.05) is 6.42 Å². The Morgan fingerprint density at radius 2 is 0.806 bits per heavy atom. The number of hydrogen-bond acceptors (Lipinski definition) is 3. The summed E-state index contributed by atoms with van der Waals surface area (Å²) in [6.07, 6.45) is 30.8. The molecule has 0 bridgehead atoms. The van der Waals surface area contributed by atoms with Crippen molar-refractivity contribution in [3.05, 3.63) is 0 Å². The van der Waals surface area contributed by atoms with Crippen molar-refractivity contribution in [2.45, 2.75) is 186 Å². The Labute approximate surface area is 223 Å². The van der Waals surface area contributed by atoms with Crippen LogP contribution in [-0.4, -0.2) is 28.4 Å². The first-order valence-electron chi connectivity index (χ1n) is 15.7. The van der Waals surface area contributed by atoms with Gasteiger partial charge in [0.1, 0.15) is 6.10 Å². The minimum Gasteiger partial charge on any atom is -0.481 e. The van der Waals surface area contributed by atoms with E-state index in [0.717, 1.165) is 38.5 Å². The summed E-state index contributed by atoms with van der Waals surface area (Å²) >= 11 is 0. The van der Waals surface area contributed by atoms with Crippen LogP contribution in [0.5, 0.6) is 0 Å². The Hall–Kier alpha value is -1.26. The van der Waals surface area contributed by atoms with Crippen LogP contribution in [0.1, 0.15) is 180 Å². The Kier molecular flexibility index (Phi) is 27.3. The van der Waals surface area contributed by atoms with Crippen LogP contribution < -0.4 is 0 Å². The molecule has 5 heteroatoms. The summed E-state index contributed by atoms with van der Waals surface area (Å²) in [5, 5.41) is 17.7. The van der Waals surface area contributed by atoms with Crippen molar-refractivity contribution in [1.29, 1.82) is 0 Å². The molecule has 0 aliphatic rings. The van der Waals surface area contributed by atoms with Crippen LogP contribution in [0.3, 0.4) is 0 Å². The smallest absolute Gasteiger partial charge is 0.481 e. The number of carbonyl (C=O) groups is 2. The molecule has 0 aromatic carbocycles. The third kappa shape index (κ3) is 29.0. The zero-order valence-corrected chi connectivity index (χ0v) is 23.8. The van der Waals surface area contributed by atoms with Gasteiger partial charge in [-0.1, -0.05) is 142 Å². The van der Waals surface area contributed by atoms with E-state index in [4.69, 9.17) is 14.9 Å². The van der Waals surface area contributed by atoms with Gasteiger partial charge in [0.2, 0.25) is 0 Å². The van der Waals surface area contributed by atoms with Crippen molar-refractivity contribution < 1.29 is 24.5 Å². The number of aliphatic carboxylic acids is 1. The fourth-order valence-electron chi connectivity index (χ4n) is 5.03. The molecule has 0 aliphatic heterocycles. The van der Waals surface area contributed by atoms with Gasteiger partial charge in [-0.3, -0.25) is 4.79 Å². The van der Waals surface area contributed by atoms with Crippen molar-refractivity contribution in [1.82, 2.24) is 0 Å². The van der Waals surface area contributed by atoms with Crippen molar-refractivity contribution in [3.8, 4) is 0 Å². The van der Waals surface area contributed by atoms with Crippen molar-refractivity contribution >= 4 is 12.1 Å². The summed E-state index contributed by atoms with van der Waals surface area (Å²) < 4.78 is 5.15. The predicted octanol–water partition coefficient (Wildman–Crippen LogP) is 10.7. The topological polar surface area (TPSA) is 83.8 Å². The maximum absolute atomic E-state index is 11.0. The lowest BCUT2D eigenvalue weighted by molar-refractivity contribution is -0.137. The second kappa shape index (κ2) is 28.3. The Morgan fingerprint density at radius 1 is 0.500 bits per heavy atom. The van der Waals surface area contributed by atoms with Crippen LogP contribution in [0.15, 0.2) is 0 Å². The average molecular weight is 513 g/mol. The quantitative estimate of drug-likeness (QED) is 0.0769. The number of unbranched alkanes of at least 4 members (excludes halogenated alkanes) is 22. The zero-order valence-electron chi connectivity index (χ0n) is 23.8. The van der Waals surface area contributed by atoms with Gasteiger partial charge in [0.25, 0.3) is 0 Å². The predicted molar refractivity (Wildman–Crippen MR) is 151 cm³/mol. The van der Waals surface area contributed by atoms with Gasteiger partial charge in [0.15, 0.2) is 0 Å². The van der Waals surface area contributed by atoms with Gasteiger partial charge in [-0.2, -0.15) is 0 Å². The molecule has 1 unspecified atom stereocenters. The zero-order chi connectivity index (χ0) is 26.5. The fourth-order valence-corrected chi connectivity index (χ4v) is 5.03. The first-order valence-corrected chi connectivity index (χ1v) is 15.7. The van der Waals surface area contributed by atoms with E-state index < -0.39 is 12.1 Å². The molecule has 0 heterocycles. The first kappa shape index (κ1) is 34.7. The molecule has 0 rings (SSSR count). The summed E-state index contributed by atoms with van der Waals surface area (Å²) in [7, 11) is 0. The number of carboxylic acid groups (broad SMARTS) is 2. The van der Waals surface area contributed by atoms with Gasteiger partial charge in [-0.15, -0.1) is 0 Å². The average Bonchev–Trinajstić information content (AvgIpc) is 2.84. The van der Waals surface area contributed by atoms with E-state index in [1.165, 1.54) is 128 Å². The van der Waals surface area contributed by atoms with E-state index in [-0.39, 0.29) is 6.10 Å². The third-order valence-corrected chi connectivity index (χ3v) is 7.31. The summed E-state index contributed by atoms with van der Waals surface area (Å²) in [5.41, 5.74) is 0. The van der Waals surface area contributed by atoms with E-state index in [9.17, 15) is 9.59 Å². The summed E-state index contributed by atoms with van der Waals surface area (Å²) in [6.45, 7) is 2.26. The van der Waals surface area contributed by atoms with Crippen molar-refractivity contribution in [2.24, 2.45) is 0 Å². The highest BCUT2D eigenvalue weighted by Crippen LogP contribution is 2.18. The van der Waals surface area contributed by atoms with E-state index in [1.54, 1.807) is 0 Å². The molecule has 0 aliphatic carbocycles. The lowest BCUT2D eigenvalue weighted by Gasteiger charge is -2.16. The molecule has 36 heavy (non-hydrogen) atoms. The lowest BCUT2D eigenvalue weighted by atomic mass is 10.0. The number of rotatable bonds is 29. The van der Waals surface area contributed by atoms with Gasteiger partial charge in [-0.25, -0.2) is 4.79 Å². The molecule has 0 fully saturated rings. The molecular weight excluding hydrogens is 452 g/mol. The summed E-state index contributed by atoms with van der Waals surface area (Å²) in [6, 6.07) is 0. The van der Waals surface area contributed by atoms with E-state index in [2.05, 4.69) is 6.92 Å². The van der Waals surface area contributed by atoms with Crippen LogP contribution in [-0.2, 0) is 9.53 Å². The molecule has 0 saturated heterocycles. The van der Waals surface area contributed by atoms with Crippen molar-refractivity contribution in [3.63, 3.8) is 0 Å². The number of hydrogen-bond donors (Lipinski definition) is 2. The SMILES string of the molecule is CCCCCCCCCCCCC(CCCCCCCCCCCCCCCCC(=O)O)OC(=O)O. The summed E-state index contributed by atoms with van der Waals surface area (Å²) in [5.74, 6) is -0.675. The van der Waals surface area contributed by atoms with Crippen LogP contribution in [0.2, 0.25) is 0 Å². The van der Waals surface area contributed by atoms with Crippen molar-refractivity contribution in [2.75, 3.05) is 0 Å². The van der Waals surface area contributed by atoms with Gasteiger partial charge in [0.05, 0.1) is 0 Å².